The Balaban J connectivity index is 1.63. The highest BCUT2D eigenvalue weighted by atomic mass is 16.5. The van der Waals surface area contributed by atoms with Gasteiger partial charge in [-0.1, -0.05) is 31.1 Å². The van der Waals surface area contributed by atoms with Gasteiger partial charge in [-0.3, -0.25) is 4.79 Å². The normalized spacial score (nSPS) is 17.4. The van der Waals surface area contributed by atoms with Crippen molar-refractivity contribution in [3.05, 3.63) is 23.6 Å². The summed E-state index contributed by atoms with van der Waals surface area (Å²) in [5, 5.41) is 18.2. The van der Waals surface area contributed by atoms with E-state index in [2.05, 4.69) is 31.1 Å². The second-order valence-corrected chi connectivity index (χ2v) is 7.47. The summed E-state index contributed by atoms with van der Waals surface area (Å²) in [6.07, 6.45) is 3.67. The number of carbonyl (C=O) groups is 1. The Morgan fingerprint density at radius 3 is 2.76 bits per heavy atom. The summed E-state index contributed by atoms with van der Waals surface area (Å²) in [5.41, 5.74) is 0.0872. The summed E-state index contributed by atoms with van der Waals surface area (Å²) < 4.78 is 7.05. The third-order valence-corrected chi connectivity index (χ3v) is 4.26. The molecule has 1 aliphatic heterocycles. The molecule has 0 aromatic carbocycles. The highest BCUT2D eigenvalue weighted by Gasteiger charge is 2.25. The minimum Gasteiger partial charge on any atom is -0.339 e. The number of amides is 1. The molecule has 0 bridgehead atoms. The molecule has 2 aromatic heterocycles. The molecule has 0 spiro atoms. The fourth-order valence-electron chi connectivity index (χ4n) is 2.68. The molecule has 1 saturated heterocycles. The second-order valence-electron chi connectivity index (χ2n) is 7.47. The first kappa shape index (κ1) is 17.5. The monoisotopic (exact) mass is 347 g/mol. The molecular formula is C16H25N7O2. The van der Waals surface area contributed by atoms with Crippen LogP contribution in [0.15, 0.2) is 10.7 Å². The number of carbonyl (C=O) groups excluding carboxylic acids is 1. The Bertz CT molecular complexity index is 725. The molecule has 3 rings (SSSR count). The summed E-state index contributed by atoms with van der Waals surface area (Å²) in [6.45, 7) is 9.72. The van der Waals surface area contributed by atoms with Gasteiger partial charge < -0.3 is 15.2 Å². The Morgan fingerprint density at radius 2 is 2.12 bits per heavy atom. The van der Waals surface area contributed by atoms with Crippen molar-refractivity contribution in [2.45, 2.75) is 58.0 Å². The number of nitrogens with one attached hydrogen (secondary N) is 2. The fraction of sp³-hybridized carbons (Fsp3) is 0.688. The van der Waals surface area contributed by atoms with Gasteiger partial charge in [0.15, 0.2) is 11.5 Å². The van der Waals surface area contributed by atoms with Crippen molar-refractivity contribution in [1.82, 2.24) is 35.8 Å². The van der Waals surface area contributed by atoms with Crippen molar-refractivity contribution in [3.63, 3.8) is 0 Å². The summed E-state index contributed by atoms with van der Waals surface area (Å²) in [6, 6.07) is -0.113. The zero-order chi connectivity index (χ0) is 18.0. The predicted octanol–water partition coefficient (Wildman–Crippen LogP) is 1.37. The molecule has 9 nitrogen and oxygen atoms in total. The highest BCUT2D eigenvalue weighted by Crippen LogP contribution is 2.21. The molecule has 136 valence electrons. The molecule has 3 heterocycles. The maximum atomic E-state index is 12.4. The number of hydrogen-bond acceptors (Lipinski definition) is 7. The van der Waals surface area contributed by atoms with Gasteiger partial charge in [-0.05, 0) is 32.9 Å². The van der Waals surface area contributed by atoms with E-state index in [1.165, 1.54) is 0 Å². The summed E-state index contributed by atoms with van der Waals surface area (Å²) in [5.74, 6) is 0.688. The Morgan fingerprint density at radius 1 is 1.40 bits per heavy atom. The lowest BCUT2D eigenvalue weighted by atomic mass is 9.96. The van der Waals surface area contributed by atoms with Crippen LogP contribution in [0.1, 0.15) is 74.8 Å². The lowest BCUT2D eigenvalue weighted by Gasteiger charge is -2.22. The molecule has 25 heavy (non-hydrogen) atoms. The molecule has 2 aromatic rings. The number of hydrogen-bond donors (Lipinski definition) is 2. The van der Waals surface area contributed by atoms with Crippen LogP contribution in [0, 0.1) is 0 Å². The zero-order valence-electron chi connectivity index (χ0n) is 15.1. The van der Waals surface area contributed by atoms with Gasteiger partial charge in [0.05, 0.1) is 12.2 Å². The zero-order valence-corrected chi connectivity index (χ0v) is 15.1. The number of nitrogens with zero attached hydrogens (tertiary/aromatic N) is 5. The van der Waals surface area contributed by atoms with Crippen molar-refractivity contribution in [1.29, 1.82) is 0 Å². The average Bonchev–Trinajstić information content (AvgIpc) is 3.25. The van der Waals surface area contributed by atoms with E-state index >= 15 is 0 Å². The first-order chi connectivity index (χ1) is 11.8. The molecule has 1 fully saturated rings. The van der Waals surface area contributed by atoms with Crippen LogP contribution in [0.5, 0.6) is 0 Å². The molecule has 0 radical (unpaired) electrons. The Hall–Kier alpha value is -2.29. The summed E-state index contributed by atoms with van der Waals surface area (Å²) in [4.78, 5) is 16.8. The van der Waals surface area contributed by atoms with E-state index in [1.807, 2.05) is 20.8 Å². The second kappa shape index (κ2) is 6.91. The molecule has 1 aliphatic rings. The van der Waals surface area contributed by atoms with E-state index in [1.54, 1.807) is 17.8 Å². The summed E-state index contributed by atoms with van der Waals surface area (Å²) in [7, 11) is 0. The van der Waals surface area contributed by atoms with E-state index in [0.717, 1.165) is 25.9 Å². The van der Waals surface area contributed by atoms with E-state index in [4.69, 9.17) is 4.52 Å². The van der Waals surface area contributed by atoms with Gasteiger partial charge in [-0.2, -0.15) is 4.98 Å². The van der Waals surface area contributed by atoms with E-state index in [-0.39, 0.29) is 17.4 Å². The van der Waals surface area contributed by atoms with Crippen LogP contribution in [0.25, 0.3) is 0 Å². The van der Waals surface area contributed by atoms with Gasteiger partial charge in [0.1, 0.15) is 6.04 Å². The van der Waals surface area contributed by atoms with Gasteiger partial charge in [0.2, 0.25) is 5.89 Å². The Kier molecular flexibility index (Phi) is 4.85. The van der Waals surface area contributed by atoms with Crippen molar-refractivity contribution in [3.8, 4) is 0 Å². The van der Waals surface area contributed by atoms with Crippen LogP contribution in [0.4, 0.5) is 0 Å². The van der Waals surface area contributed by atoms with Crippen LogP contribution in [0.2, 0.25) is 0 Å². The van der Waals surface area contributed by atoms with Crippen LogP contribution in [-0.4, -0.2) is 44.1 Å². The summed E-state index contributed by atoms with van der Waals surface area (Å²) >= 11 is 0. The molecule has 2 N–H and O–H groups in total. The number of aromatic nitrogens is 5. The van der Waals surface area contributed by atoms with E-state index < -0.39 is 6.04 Å². The lowest BCUT2D eigenvalue weighted by molar-refractivity contribution is 0.0927. The van der Waals surface area contributed by atoms with Crippen LogP contribution in [0.3, 0.4) is 0 Å². The van der Waals surface area contributed by atoms with Gasteiger partial charge in [-0.25, -0.2) is 4.68 Å². The molecule has 0 saturated carbocycles. The van der Waals surface area contributed by atoms with Crippen LogP contribution in [-0.2, 0) is 5.41 Å². The van der Waals surface area contributed by atoms with Gasteiger partial charge >= 0.3 is 0 Å². The quantitative estimate of drug-likeness (QED) is 0.859. The first-order valence-corrected chi connectivity index (χ1v) is 8.62. The molecule has 1 atom stereocenters. The largest absolute Gasteiger partial charge is 0.339 e. The van der Waals surface area contributed by atoms with Crippen LogP contribution < -0.4 is 10.6 Å². The fourth-order valence-corrected chi connectivity index (χ4v) is 2.68. The molecular weight excluding hydrogens is 322 g/mol. The standard InChI is InChI=1S/C16H25N7O2/c1-10(14-19-15(21-25-14)16(2,3)4)18-13(24)12-9-23(22-20-12)11-5-7-17-8-6-11/h9-11,17H,5-8H2,1-4H3,(H,18,24)/t10-/m1/s1. The third-order valence-electron chi connectivity index (χ3n) is 4.26. The highest BCUT2D eigenvalue weighted by molar-refractivity contribution is 5.92. The minimum atomic E-state index is -0.403. The number of rotatable bonds is 4. The molecule has 0 unspecified atom stereocenters. The third kappa shape index (κ3) is 4.04. The van der Waals surface area contributed by atoms with Crippen molar-refractivity contribution in [2.24, 2.45) is 0 Å². The van der Waals surface area contributed by atoms with Gasteiger partial charge in [0.25, 0.3) is 5.91 Å². The van der Waals surface area contributed by atoms with E-state index in [0.29, 0.717) is 17.4 Å². The predicted molar refractivity (Wildman–Crippen MR) is 90.0 cm³/mol. The van der Waals surface area contributed by atoms with E-state index in [9.17, 15) is 4.79 Å². The minimum absolute atomic E-state index is 0.205. The van der Waals surface area contributed by atoms with Crippen molar-refractivity contribution < 1.29 is 9.32 Å². The molecule has 1 amide bonds. The van der Waals surface area contributed by atoms with Crippen LogP contribution >= 0.6 is 0 Å². The van der Waals surface area contributed by atoms with Crippen molar-refractivity contribution >= 4 is 5.91 Å². The Labute approximate surface area is 146 Å². The van der Waals surface area contributed by atoms with Gasteiger partial charge in [0, 0.05) is 5.41 Å². The number of piperidine rings is 1. The SMILES string of the molecule is C[C@@H](NC(=O)c1cn(C2CCNCC2)nn1)c1nc(C(C)(C)C)no1. The van der Waals surface area contributed by atoms with Crippen molar-refractivity contribution in [2.75, 3.05) is 13.1 Å². The smallest absolute Gasteiger partial charge is 0.274 e. The maximum Gasteiger partial charge on any atom is 0.274 e. The molecule has 9 heteroatoms. The topological polar surface area (TPSA) is 111 Å². The first-order valence-electron chi connectivity index (χ1n) is 8.62. The average molecular weight is 347 g/mol. The molecule has 0 aliphatic carbocycles. The maximum absolute atomic E-state index is 12.4. The lowest BCUT2D eigenvalue weighted by Crippen LogP contribution is -2.29. The van der Waals surface area contributed by atoms with Gasteiger partial charge in [-0.15, -0.1) is 5.10 Å².